The third kappa shape index (κ3) is 40.6. The number of rotatable bonds is 39. The molecule has 0 aromatic rings. The molecular weight excluding hydrogens is 551 g/mol. The van der Waals surface area contributed by atoms with E-state index in [2.05, 4.69) is 0 Å². The molecule has 2 heteroatoms. The van der Waals surface area contributed by atoms with Gasteiger partial charge in [0.2, 0.25) is 0 Å². The van der Waals surface area contributed by atoms with Crippen LogP contribution in [0.1, 0.15) is 244 Å². The Balaban J connectivity index is 3.02. The van der Waals surface area contributed by atoms with Gasteiger partial charge in [0.25, 0.3) is 0 Å². The highest BCUT2D eigenvalue weighted by Gasteiger charge is 1.98. The summed E-state index contributed by atoms with van der Waals surface area (Å²) in [7, 11) is 0. The van der Waals surface area contributed by atoms with Crippen molar-refractivity contribution in [1.29, 1.82) is 0 Å². The van der Waals surface area contributed by atoms with Crippen molar-refractivity contribution in [3.8, 4) is 0 Å². The van der Waals surface area contributed by atoms with Crippen LogP contribution < -0.4 is 0 Å². The first-order valence-electron chi connectivity index (χ1n) is 20.0. The lowest BCUT2D eigenvalue weighted by Gasteiger charge is -2.05. The smallest absolute Gasteiger partial charge is 0.0223 e. The molecule has 0 unspecified atom stereocenters. The van der Waals surface area contributed by atoms with E-state index in [0.29, 0.717) is 0 Å². The summed E-state index contributed by atoms with van der Waals surface area (Å²) in [6.07, 6.45) is 55.1. The highest BCUT2D eigenvalue weighted by atomic mass is 35.5. The first kappa shape index (κ1) is 42.6. The fraction of sp³-hybridized carbons (Fsp3) is 1.00. The van der Waals surface area contributed by atoms with Gasteiger partial charge in [-0.3, -0.25) is 0 Å². The average Bonchev–Trinajstić information content (AvgIpc) is 3.00. The minimum Gasteiger partial charge on any atom is -0.127 e. The third-order valence-electron chi connectivity index (χ3n) is 9.52. The molecule has 0 fully saturated rings. The van der Waals surface area contributed by atoms with Gasteiger partial charge in [0.1, 0.15) is 0 Å². The lowest BCUT2D eigenvalue weighted by atomic mass is 10.0. The zero-order valence-electron chi connectivity index (χ0n) is 29.0. The molecule has 0 atom stereocenters. The Kier molecular flexibility index (Phi) is 42.2. The molecular formula is C40H80Cl2. The SMILES string of the molecule is ClCCCCCCCCCCCCCCCCCCCCCCCCCCCCCCCCCCCCCCCCCl. The molecule has 0 aliphatic rings. The van der Waals surface area contributed by atoms with Crippen LogP contribution in [0.3, 0.4) is 0 Å². The Morgan fingerprint density at radius 3 is 0.262 bits per heavy atom. The quantitative estimate of drug-likeness (QED) is 0.0468. The highest BCUT2D eigenvalue weighted by molar-refractivity contribution is 6.18. The number of alkyl halides is 2. The Morgan fingerprint density at radius 2 is 0.190 bits per heavy atom. The van der Waals surface area contributed by atoms with Crippen molar-refractivity contribution in [2.45, 2.75) is 244 Å². The van der Waals surface area contributed by atoms with Crippen LogP contribution in [0.2, 0.25) is 0 Å². The average molecular weight is 632 g/mol. The lowest BCUT2D eigenvalue weighted by molar-refractivity contribution is 0.510. The molecule has 0 heterocycles. The Hall–Kier alpha value is 0.580. The first-order valence-corrected chi connectivity index (χ1v) is 21.1. The highest BCUT2D eigenvalue weighted by Crippen LogP contribution is 2.17. The Morgan fingerprint density at radius 1 is 0.119 bits per heavy atom. The van der Waals surface area contributed by atoms with Crippen LogP contribution in [0, 0.1) is 0 Å². The molecule has 0 saturated carbocycles. The maximum Gasteiger partial charge on any atom is 0.0223 e. The second-order valence-electron chi connectivity index (χ2n) is 13.8. The van der Waals surface area contributed by atoms with Crippen molar-refractivity contribution in [2.24, 2.45) is 0 Å². The molecule has 0 radical (unpaired) electrons. The van der Waals surface area contributed by atoms with Crippen LogP contribution in [0.25, 0.3) is 0 Å². The van der Waals surface area contributed by atoms with Crippen molar-refractivity contribution in [1.82, 2.24) is 0 Å². The molecule has 42 heavy (non-hydrogen) atoms. The monoisotopic (exact) mass is 631 g/mol. The zero-order chi connectivity index (χ0) is 30.3. The summed E-state index contributed by atoms with van der Waals surface area (Å²) in [5, 5.41) is 0. The molecule has 0 rings (SSSR count). The molecule has 0 aliphatic carbocycles. The maximum absolute atomic E-state index is 5.73. The summed E-state index contributed by atoms with van der Waals surface area (Å²) in [5.41, 5.74) is 0. The van der Waals surface area contributed by atoms with Crippen LogP contribution in [-0.4, -0.2) is 11.8 Å². The van der Waals surface area contributed by atoms with Crippen molar-refractivity contribution < 1.29 is 0 Å². The fourth-order valence-electron chi connectivity index (χ4n) is 6.55. The molecule has 254 valence electrons. The van der Waals surface area contributed by atoms with E-state index in [4.69, 9.17) is 23.2 Å². The molecule has 0 spiro atoms. The fourth-order valence-corrected chi connectivity index (χ4v) is 6.93. The van der Waals surface area contributed by atoms with Crippen LogP contribution in [0.5, 0.6) is 0 Å². The second kappa shape index (κ2) is 41.6. The molecule has 0 bridgehead atoms. The third-order valence-corrected chi connectivity index (χ3v) is 10.1. The van der Waals surface area contributed by atoms with Gasteiger partial charge in [-0.25, -0.2) is 0 Å². The summed E-state index contributed by atoms with van der Waals surface area (Å²) >= 11 is 11.5. The van der Waals surface area contributed by atoms with Crippen molar-refractivity contribution in [3.05, 3.63) is 0 Å². The minimum atomic E-state index is 0.846. The van der Waals surface area contributed by atoms with Gasteiger partial charge in [-0.15, -0.1) is 23.2 Å². The van der Waals surface area contributed by atoms with Crippen molar-refractivity contribution >= 4 is 23.2 Å². The summed E-state index contributed by atoms with van der Waals surface area (Å²) in [5.74, 6) is 1.69. The Bertz CT molecular complexity index is 397. The van der Waals surface area contributed by atoms with Gasteiger partial charge in [0, 0.05) is 11.8 Å². The summed E-state index contributed by atoms with van der Waals surface area (Å²) in [6, 6.07) is 0. The van der Waals surface area contributed by atoms with Crippen LogP contribution >= 0.6 is 23.2 Å². The number of unbranched alkanes of at least 4 members (excludes halogenated alkanes) is 37. The predicted molar refractivity (Wildman–Crippen MR) is 197 cm³/mol. The van der Waals surface area contributed by atoms with Gasteiger partial charge in [-0.2, -0.15) is 0 Å². The molecule has 0 amide bonds. The molecule has 0 aromatic heterocycles. The van der Waals surface area contributed by atoms with Gasteiger partial charge in [0.15, 0.2) is 0 Å². The Labute approximate surface area is 278 Å². The number of hydrogen-bond donors (Lipinski definition) is 0. The normalized spacial score (nSPS) is 11.6. The van der Waals surface area contributed by atoms with Gasteiger partial charge < -0.3 is 0 Å². The van der Waals surface area contributed by atoms with E-state index in [1.165, 1.54) is 244 Å². The maximum atomic E-state index is 5.73. The molecule has 0 saturated heterocycles. The van der Waals surface area contributed by atoms with Gasteiger partial charge >= 0.3 is 0 Å². The van der Waals surface area contributed by atoms with Crippen LogP contribution in [0.15, 0.2) is 0 Å². The van der Waals surface area contributed by atoms with Gasteiger partial charge in [-0.1, -0.05) is 231 Å². The minimum absolute atomic E-state index is 0.846. The molecule has 0 N–H and O–H groups in total. The van der Waals surface area contributed by atoms with Gasteiger partial charge in [-0.05, 0) is 12.8 Å². The van der Waals surface area contributed by atoms with E-state index < -0.39 is 0 Å². The number of halogens is 2. The van der Waals surface area contributed by atoms with E-state index in [-0.39, 0.29) is 0 Å². The summed E-state index contributed by atoms with van der Waals surface area (Å²) in [6.45, 7) is 0. The summed E-state index contributed by atoms with van der Waals surface area (Å²) < 4.78 is 0. The van der Waals surface area contributed by atoms with E-state index in [0.717, 1.165) is 11.8 Å². The first-order chi connectivity index (χ1) is 20.9. The van der Waals surface area contributed by atoms with Crippen molar-refractivity contribution in [2.75, 3.05) is 11.8 Å². The van der Waals surface area contributed by atoms with E-state index in [1.807, 2.05) is 0 Å². The lowest BCUT2D eigenvalue weighted by Crippen LogP contribution is -1.85. The molecule has 0 nitrogen and oxygen atoms in total. The largest absolute Gasteiger partial charge is 0.127 e. The summed E-state index contributed by atoms with van der Waals surface area (Å²) in [4.78, 5) is 0. The van der Waals surface area contributed by atoms with Crippen molar-refractivity contribution in [3.63, 3.8) is 0 Å². The second-order valence-corrected chi connectivity index (χ2v) is 14.6. The predicted octanol–water partition coefficient (Wildman–Crippen LogP) is 16.3. The number of hydrogen-bond acceptors (Lipinski definition) is 0. The molecule has 0 aromatic carbocycles. The topological polar surface area (TPSA) is 0 Å². The van der Waals surface area contributed by atoms with Crippen LogP contribution in [-0.2, 0) is 0 Å². The van der Waals surface area contributed by atoms with E-state index in [1.54, 1.807) is 0 Å². The van der Waals surface area contributed by atoms with E-state index >= 15 is 0 Å². The van der Waals surface area contributed by atoms with Crippen LogP contribution in [0.4, 0.5) is 0 Å². The van der Waals surface area contributed by atoms with E-state index in [9.17, 15) is 0 Å². The van der Waals surface area contributed by atoms with Gasteiger partial charge in [0.05, 0.1) is 0 Å². The molecule has 0 aliphatic heterocycles. The standard InChI is InChI=1S/C40H80Cl2/c41-39-37-35-33-31-29-27-25-23-21-19-17-15-13-11-9-7-5-3-1-2-4-6-8-10-12-14-16-18-20-22-24-26-28-30-32-34-36-38-40-42/h1-40H2. The zero-order valence-corrected chi connectivity index (χ0v) is 30.6.